The lowest BCUT2D eigenvalue weighted by atomic mass is 10.1. The zero-order valence-corrected chi connectivity index (χ0v) is 18.7. The van der Waals surface area contributed by atoms with Crippen LogP contribution in [0, 0.1) is 0 Å². The summed E-state index contributed by atoms with van der Waals surface area (Å²) >= 11 is 1.52. The van der Waals surface area contributed by atoms with E-state index in [1.807, 2.05) is 59.5 Å². The number of carbonyl (C=O) groups excluding carboxylic acids is 1. The number of hydrogen-bond acceptors (Lipinski definition) is 5. The highest BCUT2D eigenvalue weighted by Crippen LogP contribution is 2.25. The highest BCUT2D eigenvalue weighted by Gasteiger charge is 2.18. The Balaban J connectivity index is 1.39. The van der Waals surface area contributed by atoms with Gasteiger partial charge in [0.25, 0.3) is 0 Å². The van der Waals surface area contributed by atoms with Gasteiger partial charge in [0, 0.05) is 19.0 Å². The predicted octanol–water partition coefficient (Wildman–Crippen LogP) is 4.98. The second-order valence-electron chi connectivity index (χ2n) is 7.68. The van der Waals surface area contributed by atoms with Gasteiger partial charge in [-0.2, -0.15) is 0 Å². The number of hydrogen-bond donors (Lipinski definition) is 0. The van der Waals surface area contributed by atoms with Crippen molar-refractivity contribution in [2.24, 2.45) is 0 Å². The minimum Gasteiger partial charge on any atom is -0.497 e. The highest BCUT2D eigenvalue weighted by atomic mass is 32.1. The van der Waals surface area contributed by atoms with Crippen molar-refractivity contribution in [3.63, 3.8) is 0 Å². The number of ether oxygens (including phenoxy) is 1. The van der Waals surface area contributed by atoms with Gasteiger partial charge >= 0.3 is 0 Å². The molecule has 0 N–H and O–H groups in total. The standard InChI is InChI=1S/C25H22N4O2S/c1-28(13-17-7-8-19-12-20(31-2)10-9-18(19)11-17)24(30)14-29-23-6-4-3-5-21(23)27-25(29)22-15-32-16-26-22/h3-12,15-16H,13-14H2,1-2H3. The maximum Gasteiger partial charge on any atom is 0.242 e. The molecule has 0 unspecified atom stereocenters. The van der Waals surface area contributed by atoms with Gasteiger partial charge in [-0.15, -0.1) is 11.3 Å². The second-order valence-corrected chi connectivity index (χ2v) is 8.40. The van der Waals surface area contributed by atoms with Crippen LogP contribution in [0.1, 0.15) is 5.56 Å². The third-order valence-electron chi connectivity index (χ3n) is 5.57. The van der Waals surface area contributed by atoms with E-state index >= 15 is 0 Å². The third kappa shape index (κ3) is 3.83. The lowest BCUT2D eigenvalue weighted by molar-refractivity contribution is -0.130. The van der Waals surface area contributed by atoms with E-state index in [1.165, 1.54) is 11.3 Å². The molecule has 3 aromatic carbocycles. The SMILES string of the molecule is COc1ccc2cc(CN(C)C(=O)Cn3c(-c4cscn4)nc4ccccc43)ccc2c1. The number of thiazole rings is 1. The largest absolute Gasteiger partial charge is 0.497 e. The number of nitrogens with zero attached hydrogens (tertiary/aromatic N) is 4. The van der Waals surface area contributed by atoms with Crippen LogP contribution in [0.15, 0.2) is 71.6 Å². The molecule has 0 saturated carbocycles. The average molecular weight is 443 g/mol. The van der Waals surface area contributed by atoms with Gasteiger partial charge in [0.15, 0.2) is 5.82 Å². The highest BCUT2D eigenvalue weighted by molar-refractivity contribution is 7.07. The van der Waals surface area contributed by atoms with E-state index in [4.69, 9.17) is 9.72 Å². The number of amides is 1. The smallest absolute Gasteiger partial charge is 0.242 e. The fourth-order valence-electron chi connectivity index (χ4n) is 3.87. The molecule has 2 heterocycles. The molecule has 0 spiro atoms. The Bertz CT molecular complexity index is 1410. The van der Waals surface area contributed by atoms with Crippen molar-refractivity contribution < 1.29 is 9.53 Å². The Morgan fingerprint density at radius 3 is 2.72 bits per heavy atom. The van der Waals surface area contributed by atoms with Crippen LogP contribution in [0.2, 0.25) is 0 Å². The number of imidazole rings is 1. The molecule has 0 aliphatic rings. The summed E-state index contributed by atoms with van der Waals surface area (Å²) in [6.45, 7) is 0.730. The summed E-state index contributed by atoms with van der Waals surface area (Å²) in [6, 6.07) is 20.1. The molecule has 32 heavy (non-hydrogen) atoms. The molecule has 0 saturated heterocycles. The first-order valence-electron chi connectivity index (χ1n) is 10.3. The van der Waals surface area contributed by atoms with Crippen LogP contribution in [0.4, 0.5) is 0 Å². The fraction of sp³-hybridized carbons (Fsp3) is 0.160. The van der Waals surface area contributed by atoms with Crippen LogP contribution in [0.25, 0.3) is 33.3 Å². The van der Waals surface area contributed by atoms with Crippen LogP contribution in [0.5, 0.6) is 5.75 Å². The molecule has 5 aromatic rings. The van der Waals surface area contributed by atoms with Gasteiger partial charge in [-0.1, -0.05) is 30.3 Å². The van der Waals surface area contributed by atoms with E-state index in [1.54, 1.807) is 17.5 Å². The second kappa shape index (κ2) is 8.43. The first-order chi connectivity index (χ1) is 15.6. The van der Waals surface area contributed by atoms with Gasteiger partial charge in [0.1, 0.15) is 18.0 Å². The van der Waals surface area contributed by atoms with Gasteiger partial charge in [-0.05, 0) is 46.7 Å². The number of carbonyl (C=O) groups is 1. The predicted molar refractivity (Wildman–Crippen MR) is 128 cm³/mol. The van der Waals surface area contributed by atoms with Crippen LogP contribution in [0.3, 0.4) is 0 Å². The molecular formula is C25H22N4O2S. The molecule has 5 rings (SSSR count). The van der Waals surface area contributed by atoms with Gasteiger partial charge in [0.2, 0.25) is 5.91 Å². The first kappa shape index (κ1) is 20.2. The summed E-state index contributed by atoms with van der Waals surface area (Å²) in [4.78, 5) is 24.1. The van der Waals surface area contributed by atoms with E-state index in [2.05, 4.69) is 23.2 Å². The number of benzene rings is 3. The fourth-order valence-corrected chi connectivity index (χ4v) is 4.40. The third-order valence-corrected chi connectivity index (χ3v) is 6.15. The summed E-state index contributed by atoms with van der Waals surface area (Å²) in [7, 11) is 3.50. The minimum absolute atomic E-state index is 0.0134. The molecule has 0 bridgehead atoms. The van der Waals surface area contributed by atoms with Crippen molar-refractivity contribution in [2.75, 3.05) is 14.2 Å². The van der Waals surface area contributed by atoms with Gasteiger partial charge < -0.3 is 14.2 Å². The van der Waals surface area contributed by atoms with Crippen molar-refractivity contribution in [1.29, 1.82) is 0 Å². The summed E-state index contributed by atoms with van der Waals surface area (Å²) in [5, 5.41) is 4.19. The quantitative estimate of drug-likeness (QED) is 0.372. The lowest BCUT2D eigenvalue weighted by Gasteiger charge is -2.19. The van der Waals surface area contributed by atoms with Gasteiger partial charge in [0.05, 0.1) is 23.7 Å². The molecule has 1 amide bonds. The van der Waals surface area contributed by atoms with E-state index in [0.29, 0.717) is 12.4 Å². The molecule has 160 valence electrons. The molecule has 0 fully saturated rings. The van der Waals surface area contributed by atoms with Crippen LogP contribution >= 0.6 is 11.3 Å². The summed E-state index contributed by atoms with van der Waals surface area (Å²) < 4.78 is 7.26. The van der Waals surface area contributed by atoms with Crippen LogP contribution < -0.4 is 4.74 Å². The molecule has 7 heteroatoms. The van der Waals surface area contributed by atoms with Gasteiger partial charge in [-0.25, -0.2) is 9.97 Å². The molecule has 0 aliphatic carbocycles. The summed E-state index contributed by atoms with van der Waals surface area (Å²) in [6.07, 6.45) is 0. The van der Waals surface area contributed by atoms with Crippen molar-refractivity contribution in [2.45, 2.75) is 13.1 Å². The number of likely N-dealkylation sites (N-methyl/N-ethyl adjacent to an activating group) is 1. The van der Waals surface area contributed by atoms with E-state index in [0.717, 1.165) is 38.8 Å². The zero-order valence-electron chi connectivity index (χ0n) is 17.9. The zero-order chi connectivity index (χ0) is 22.1. The Labute approximate surface area is 189 Å². The summed E-state index contributed by atoms with van der Waals surface area (Å²) in [5.74, 6) is 1.56. The first-order valence-corrected chi connectivity index (χ1v) is 11.2. The van der Waals surface area contributed by atoms with Crippen molar-refractivity contribution in [1.82, 2.24) is 19.4 Å². The van der Waals surface area contributed by atoms with E-state index in [9.17, 15) is 4.79 Å². The maximum absolute atomic E-state index is 13.2. The normalized spacial score (nSPS) is 11.2. The molecule has 0 aliphatic heterocycles. The van der Waals surface area contributed by atoms with Crippen molar-refractivity contribution in [3.05, 3.63) is 77.1 Å². The molecule has 0 atom stereocenters. The monoisotopic (exact) mass is 442 g/mol. The average Bonchev–Trinajstić information content (AvgIpc) is 3.47. The van der Waals surface area contributed by atoms with E-state index in [-0.39, 0.29) is 12.5 Å². The number of aromatic nitrogens is 3. The lowest BCUT2D eigenvalue weighted by Crippen LogP contribution is -2.30. The van der Waals surface area contributed by atoms with Crippen LogP contribution in [-0.2, 0) is 17.9 Å². The Morgan fingerprint density at radius 1 is 1.09 bits per heavy atom. The van der Waals surface area contributed by atoms with Crippen LogP contribution in [-0.4, -0.2) is 39.5 Å². The Hall–Kier alpha value is -3.71. The number of rotatable bonds is 6. The maximum atomic E-state index is 13.2. The number of para-hydroxylation sites is 2. The number of methoxy groups -OCH3 is 1. The number of fused-ring (bicyclic) bond motifs is 2. The molecule has 2 aromatic heterocycles. The van der Waals surface area contributed by atoms with Gasteiger partial charge in [-0.3, -0.25) is 4.79 Å². The summed E-state index contributed by atoms with van der Waals surface area (Å²) in [5.41, 5.74) is 5.43. The molecular weight excluding hydrogens is 420 g/mol. The topological polar surface area (TPSA) is 60.2 Å². The van der Waals surface area contributed by atoms with E-state index < -0.39 is 0 Å². The minimum atomic E-state index is 0.0134. The molecule has 6 nitrogen and oxygen atoms in total. The Morgan fingerprint density at radius 2 is 1.91 bits per heavy atom. The molecule has 0 radical (unpaired) electrons. The Kier molecular flexibility index (Phi) is 5.33. The van der Waals surface area contributed by atoms with Crippen molar-refractivity contribution in [3.8, 4) is 17.3 Å². The van der Waals surface area contributed by atoms with Crippen molar-refractivity contribution >= 4 is 39.0 Å².